The van der Waals surface area contributed by atoms with Crippen molar-refractivity contribution in [3.8, 4) is 0 Å². The van der Waals surface area contributed by atoms with Gasteiger partial charge in [-0.05, 0) is 43.0 Å². The molecule has 0 aliphatic carbocycles. The second-order valence-electron chi connectivity index (χ2n) is 5.21. The number of carbonyl (C=O) groups excluding carboxylic acids is 1. The van der Waals surface area contributed by atoms with Crippen LogP contribution in [0.3, 0.4) is 0 Å². The number of hydrogen-bond donors (Lipinski definition) is 3. The van der Waals surface area contributed by atoms with E-state index < -0.39 is 22.1 Å². The van der Waals surface area contributed by atoms with Gasteiger partial charge in [0.05, 0.1) is 4.90 Å². The fourth-order valence-electron chi connectivity index (χ4n) is 2.02. The van der Waals surface area contributed by atoms with Crippen molar-refractivity contribution < 1.29 is 27.7 Å². The van der Waals surface area contributed by atoms with Crippen LogP contribution in [0.1, 0.15) is 29.5 Å². The van der Waals surface area contributed by atoms with Gasteiger partial charge in [0.1, 0.15) is 11.8 Å². The van der Waals surface area contributed by atoms with Crippen LogP contribution < -0.4 is 5.73 Å². The first kappa shape index (κ1) is 18.3. The van der Waals surface area contributed by atoms with E-state index >= 15 is 0 Å². The largest absolute Gasteiger partial charge is 0.480 e. The molecule has 0 unspecified atom stereocenters. The van der Waals surface area contributed by atoms with E-state index in [0.717, 1.165) is 0 Å². The van der Waals surface area contributed by atoms with Crippen molar-refractivity contribution in [2.24, 2.45) is 5.73 Å². The molecule has 0 amide bonds. The summed E-state index contributed by atoms with van der Waals surface area (Å²) in [4.78, 5) is 22.2. The summed E-state index contributed by atoms with van der Waals surface area (Å²) in [6.07, 6.45) is -0.0399. The molecule has 1 rings (SSSR count). The van der Waals surface area contributed by atoms with Crippen molar-refractivity contribution >= 4 is 21.9 Å². The molecule has 0 heterocycles. The topological polar surface area (TPSA) is 135 Å². The molecular formula is C14H19NO6S. The number of benzene rings is 1. The predicted octanol–water partition coefficient (Wildman–Crippen LogP) is 0.854. The number of carboxylic acids is 1. The van der Waals surface area contributed by atoms with Crippen molar-refractivity contribution in [1.82, 2.24) is 0 Å². The average Bonchev–Trinajstić information content (AvgIpc) is 2.38. The van der Waals surface area contributed by atoms with Gasteiger partial charge >= 0.3 is 5.97 Å². The molecule has 0 fully saturated rings. The quantitative estimate of drug-likeness (QED) is 0.631. The highest BCUT2D eigenvalue weighted by Gasteiger charge is 2.18. The normalized spacial score (nSPS) is 12.9. The molecule has 0 saturated heterocycles. The van der Waals surface area contributed by atoms with Crippen molar-refractivity contribution in [3.05, 3.63) is 28.8 Å². The molecule has 7 nitrogen and oxygen atoms in total. The Balaban J connectivity index is 2.89. The first-order chi connectivity index (χ1) is 10.0. The molecule has 122 valence electrons. The van der Waals surface area contributed by atoms with E-state index in [1.807, 2.05) is 0 Å². The van der Waals surface area contributed by atoms with E-state index in [4.69, 9.17) is 10.8 Å². The van der Waals surface area contributed by atoms with E-state index in [1.54, 1.807) is 19.9 Å². The molecule has 0 bridgehead atoms. The fourth-order valence-corrected chi connectivity index (χ4v) is 2.87. The Hall–Kier alpha value is -1.77. The highest BCUT2D eigenvalue weighted by Crippen LogP contribution is 2.21. The number of hydrogen-bond acceptors (Lipinski definition) is 5. The third kappa shape index (κ3) is 4.90. The number of nitrogens with two attached hydrogens (primary N) is 1. The summed E-state index contributed by atoms with van der Waals surface area (Å²) in [6, 6.07) is 1.82. The molecular weight excluding hydrogens is 310 g/mol. The van der Waals surface area contributed by atoms with E-state index in [-0.39, 0.29) is 29.9 Å². The van der Waals surface area contributed by atoms with Crippen LogP contribution >= 0.6 is 0 Å². The van der Waals surface area contributed by atoms with Crippen LogP contribution in [0.15, 0.2) is 17.0 Å². The van der Waals surface area contributed by atoms with Crippen LogP contribution in [0, 0.1) is 13.8 Å². The first-order valence-electron chi connectivity index (χ1n) is 6.60. The van der Waals surface area contributed by atoms with Crippen molar-refractivity contribution in [1.29, 1.82) is 0 Å². The number of aryl methyl sites for hydroxylation is 1. The Bertz CT molecular complexity index is 696. The van der Waals surface area contributed by atoms with Crippen LogP contribution in [-0.2, 0) is 26.1 Å². The van der Waals surface area contributed by atoms with Gasteiger partial charge in [-0.15, -0.1) is 0 Å². The smallest absolute Gasteiger partial charge is 0.320 e. The van der Waals surface area contributed by atoms with Crippen LogP contribution in [0.4, 0.5) is 0 Å². The van der Waals surface area contributed by atoms with E-state index in [9.17, 15) is 22.6 Å². The van der Waals surface area contributed by atoms with Crippen molar-refractivity contribution in [3.63, 3.8) is 0 Å². The molecule has 0 aliphatic heterocycles. The summed E-state index contributed by atoms with van der Waals surface area (Å²) in [5.41, 5.74) is 6.83. The van der Waals surface area contributed by atoms with Crippen LogP contribution in [0.25, 0.3) is 0 Å². The third-order valence-corrected chi connectivity index (χ3v) is 4.39. The Morgan fingerprint density at radius 2 is 1.86 bits per heavy atom. The molecule has 1 aromatic rings. The van der Waals surface area contributed by atoms with Gasteiger partial charge in [0, 0.05) is 12.8 Å². The van der Waals surface area contributed by atoms with E-state index in [1.165, 1.54) is 6.07 Å². The molecule has 4 N–H and O–H groups in total. The lowest BCUT2D eigenvalue weighted by Gasteiger charge is -2.10. The molecule has 1 atom stereocenters. The van der Waals surface area contributed by atoms with Gasteiger partial charge in [0.25, 0.3) is 10.1 Å². The van der Waals surface area contributed by atoms with Crippen molar-refractivity contribution in [2.45, 2.75) is 44.0 Å². The Labute approximate surface area is 128 Å². The predicted molar refractivity (Wildman–Crippen MR) is 79.3 cm³/mol. The first-order valence-corrected chi connectivity index (χ1v) is 8.04. The summed E-state index contributed by atoms with van der Waals surface area (Å²) in [7, 11) is -4.36. The molecule has 0 radical (unpaired) electrons. The van der Waals surface area contributed by atoms with Crippen LogP contribution in [-0.4, -0.2) is 35.9 Å². The monoisotopic (exact) mass is 329 g/mol. The third-order valence-electron chi connectivity index (χ3n) is 3.41. The number of rotatable bonds is 7. The van der Waals surface area contributed by atoms with Gasteiger partial charge in [0.2, 0.25) is 0 Å². The Morgan fingerprint density at radius 3 is 2.36 bits per heavy atom. The lowest BCUT2D eigenvalue weighted by molar-refractivity contribution is -0.138. The summed E-state index contributed by atoms with van der Waals surface area (Å²) < 4.78 is 31.8. The maximum Gasteiger partial charge on any atom is 0.320 e. The minimum atomic E-state index is -4.36. The summed E-state index contributed by atoms with van der Waals surface area (Å²) in [6.45, 7) is 3.24. The second kappa shape index (κ2) is 6.99. The number of Topliss-reactive ketones (excluding diaryl/α,β-unsaturated/α-hetero) is 1. The lowest BCUT2D eigenvalue weighted by Crippen LogP contribution is -2.30. The summed E-state index contributed by atoms with van der Waals surface area (Å²) in [5, 5.41) is 8.65. The molecule has 22 heavy (non-hydrogen) atoms. The standard InChI is InChI=1S/C14H19NO6S/c1-8-5-10(7-13(9(8)2)22(19,20)21)6-11(16)3-4-12(15)14(17)18/h5,7,12H,3-4,6,15H2,1-2H3,(H,17,18)(H,19,20,21)/t12-/m0/s1. The minimum Gasteiger partial charge on any atom is -0.480 e. The number of aliphatic carboxylic acids is 1. The Kier molecular flexibility index (Phi) is 5.81. The highest BCUT2D eigenvalue weighted by atomic mass is 32.2. The van der Waals surface area contributed by atoms with Crippen LogP contribution in [0.2, 0.25) is 0 Å². The zero-order valence-electron chi connectivity index (χ0n) is 12.4. The molecule has 0 aliphatic rings. The number of carbonyl (C=O) groups is 2. The van der Waals surface area contributed by atoms with Gasteiger partial charge in [-0.3, -0.25) is 14.1 Å². The molecule has 8 heteroatoms. The van der Waals surface area contributed by atoms with Crippen molar-refractivity contribution in [2.75, 3.05) is 0 Å². The van der Waals surface area contributed by atoms with Gasteiger partial charge < -0.3 is 10.8 Å². The molecule has 0 aromatic heterocycles. The molecule has 0 spiro atoms. The van der Waals surface area contributed by atoms with E-state index in [2.05, 4.69) is 0 Å². The maximum atomic E-state index is 11.8. The molecule has 0 saturated carbocycles. The van der Waals surface area contributed by atoms with Gasteiger partial charge in [-0.1, -0.05) is 6.07 Å². The maximum absolute atomic E-state index is 11.8. The number of ketones is 1. The summed E-state index contributed by atoms with van der Waals surface area (Å²) >= 11 is 0. The Morgan fingerprint density at radius 1 is 1.27 bits per heavy atom. The van der Waals surface area contributed by atoms with E-state index in [0.29, 0.717) is 16.7 Å². The minimum absolute atomic E-state index is 0.0123. The zero-order chi connectivity index (χ0) is 17.1. The number of carboxylic acid groups (broad SMARTS) is 1. The lowest BCUT2D eigenvalue weighted by atomic mass is 10.00. The summed E-state index contributed by atoms with van der Waals surface area (Å²) in [5.74, 6) is -1.42. The SMILES string of the molecule is Cc1cc(CC(=O)CC[C@H](N)C(=O)O)cc(S(=O)(=O)O)c1C. The van der Waals surface area contributed by atoms with Gasteiger partial charge in [-0.25, -0.2) is 0 Å². The van der Waals surface area contributed by atoms with Gasteiger partial charge in [-0.2, -0.15) is 8.42 Å². The average molecular weight is 329 g/mol. The molecule has 1 aromatic carbocycles. The second-order valence-corrected chi connectivity index (χ2v) is 6.60. The van der Waals surface area contributed by atoms with Gasteiger partial charge in [0.15, 0.2) is 0 Å². The fraction of sp³-hybridized carbons (Fsp3) is 0.429. The highest BCUT2D eigenvalue weighted by molar-refractivity contribution is 7.85. The zero-order valence-corrected chi connectivity index (χ0v) is 13.2. The van der Waals surface area contributed by atoms with Crippen LogP contribution in [0.5, 0.6) is 0 Å².